The maximum absolute atomic E-state index is 13.6. The molecule has 1 aliphatic rings. The number of nitrogens with zero attached hydrogens (tertiary/aromatic N) is 1. The number of thiophene rings is 2. The van der Waals surface area contributed by atoms with Crippen LogP contribution >= 0.6 is 22.7 Å². The van der Waals surface area contributed by atoms with Gasteiger partial charge in [-0.05, 0) is 63.6 Å². The predicted octanol–water partition coefficient (Wildman–Crippen LogP) is 7.06. The first kappa shape index (κ1) is 25.7. The van der Waals surface area contributed by atoms with Gasteiger partial charge in [-0.25, -0.2) is 4.79 Å². The van der Waals surface area contributed by atoms with E-state index in [-0.39, 0.29) is 17.9 Å². The third-order valence-electron chi connectivity index (χ3n) is 5.87. The topological polar surface area (TPSA) is 46.6 Å². The van der Waals surface area contributed by atoms with E-state index in [1.165, 1.54) is 18.4 Å². The molecule has 2 aromatic heterocycles. The number of amides is 1. The number of carbonyl (C=O) groups is 2. The van der Waals surface area contributed by atoms with E-state index in [0.717, 1.165) is 40.3 Å². The molecule has 2 aromatic rings. The summed E-state index contributed by atoms with van der Waals surface area (Å²) in [5, 5.41) is 0. The lowest BCUT2D eigenvalue weighted by Gasteiger charge is -2.33. The zero-order valence-electron chi connectivity index (χ0n) is 20.8. The molecule has 2 heterocycles. The summed E-state index contributed by atoms with van der Waals surface area (Å²) < 4.78 is 5.10. The minimum Gasteiger partial charge on any atom is -0.465 e. The number of rotatable bonds is 5. The molecule has 0 saturated heterocycles. The average molecular weight is 502 g/mol. The maximum atomic E-state index is 13.6. The van der Waals surface area contributed by atoms with Gasteiger partial charge in [0.05, 0.1) is 17.7 Å². The van der Waals surface area contributed by atoms with E-state index in [1.807, 2.05) is 30.9 Å². The molecule has 1 saturated carbocycles. The van der Waals surface area contributed by atoms with Crippen molar-refractivity contribution in [3.63, 3.8) is 0 Å². The van der Waals surface area contributed by atoms with Gasteiger partial charge in [0.2, 0.25) is 5.91 Å². The van der Waals surface area contributed by atoms with Crippen LogP contribution in [0.2, 0.25) is 19.6 Å². The maximum Gasteiger partial charge on any atom is 0.350 e. The Morgan fingerprint density at radius 3 is 2.33 bits per heavy atom. The van der Waals surface area contributed by atoms with Gasteiger partial charge >= 0.3 is 5.97 Å². The molecular weight excluding hydrogens is 467 g/mol. The third-order valence-corrected chi connectivity index (χ3v) is 9.05. The highest BCUT2D eigenvalue weighted by Gasteiger charge is 2.33. The van der Waals surface area contributed by atoms with Crippen LogP contribution in [0.5, 0.6) is 0 Å². The number of esters is 1. The molecule has 0 atom stereocenters. The van der Waals surface area contributed by atoms with E-state index in [0.29, 0.717) is 16.5 Å². The lowest BCUT2D eigenvalue weighted by molar-refractivity contribution is -0.123. The second-order valence-corrected chi connectivity index (χ2v) is 17.1. The van der Waals surface area contributed by atoms with Gasteiger partial charge in [-0.3, -0.25) is 4.79 Å². The van der Waals surface area contributed by atoms with Crippen LogP contribution in [0.4, 0.5) is 5.69 Å². The van der Waals surface area contributed by atoms with Gasteiger partial charge in [-0.2, -0.15) is 0 Å². The first-order valence-electron chi connectivity index (χ1n) is 11.7. The molecule has 1 aliphatic carbocycles. The molecular formula is C26H35NO3S2Si. The van der Waals surface area contributed by atoms with Crippen LogP contribution in [-0.4, -0.2) is 33.1 Å². The Balaban J connectivity index is 1.98. The van der Waals surface area contributed by atoms with Crippen molar-refractivity contribution >= 4 is 48.3 Å². The Morgan fingerprint density at radius 2 is 1.76 bits per heavy atom. The highest BCUT2D eigenvalue weighted by Crippen LogP contribution is 2.42. The normalized spacial score (nSPS) is 18.5. The van der Waals surface area contributed by atoms with E-state index in [1.54, 1.807) is 11.3 Å². The molecule has 0 bridgehead atoms. The van der Waals surface area contributed by atoms with Crippen molar-refractivity contribution in [1.82, 2.24) is 0 Å². The van der Waals surface area contributed by atoms with Gasteiger partial charge in [0.1, 0.15) is 13.0 Å². The number of hydrogen-bond acceptors (Lipinski definition) is 5. The Hall–Kier alpha value is -1.88. The first-order valence-corrected chi connectivity index (χ1v) is 16.8. The summed E-state index contributed by atoms with van der Waals surface area (Å²) in [6.45, 7) is 13.0. The van der Waals surface area contributed by atoms with E-state index in [4.69, 9.17) is 4.74 Å². The molecule has 0 radical (unpaired) electrons. The molecule has 0 aromatic carbocycles. The summed E-state index contributed by atoms with van der Waals surface area (Å²) in [4.78, 5) is 31.7. The first-order chi connectivity index (χ1) is 15.5. The summed E-state index contributed by atoms with van der Waals surface area (Å²) in [5.74, 6) is 3.74. The van der Waals surface area contributed by atoms with Crippen LogP contribution in [0.15, 0.2) is 18.2 Å². The number of hydrogen-bond donors (Lipinski definition) is 0. The molecule has 3 rings (SSSR count). The van der Waals surface area contributed by atoms with Crippen LogP contribution in [0.25, 0.3) is 9.75 Å². The third kappa shape index (κ3) is 6.37. The van der Waals surface area contributed by atoms with Crippen molar-refractivity contribution in [2.45, 2.75) is 72.1 Å². The molecule has 4 nitrogen and oxygen atoms in total. The zero-order chi connectivity index (χ0) is 24.3. The summed E-state index contributed by atoms with van der Waals surface area (Å²) in [5.41, 5.74) is 4.08. The number of carbonyl (C=O) groups excluding carboxylic acids is 2. The van der Waals surface area contributed by atoms with Gasteiger partial charge in [0, 0.05) is 21.7 Å². The molecule has 178 valence electrons. The Kier molecular flexibility index (Phi) is 8.25. The predicted molar refractivity (Wildman–Crippen MR) is 143 cm³/mol. The smallest absolute Gasteiger partial charge is 0.350 e. The second kappa shape index (κ2) is 10.6. The fourth-order valence-corrected chi connectivity index (χ4v) is 6.67. The Bertz CT molecular complexity index is 1060. The van der Waals surface area contributed by atoms with Gasteiger partial charge in [0.15, 0.2) is 0 Å². The van der Waals surface area contributed by atoms with Crippen LogP contribution in [-0.2, 0) is 9.53 Å². The standard InChI is InChI=1S/C26H35NO3S2Si/c1-17(2)27(25(28)19-10-8-18(3)9-11-19)21-16-23(32-24(21)26(29)30-4)22-13-12-20(31-22)14-15-33(5,6)7/h12-13,16-19H,8-11H2,1-7H3/t18-,19-. The summed E-state index contributed by atoms with van der Waals surface area (Å²) in [6, 6.07) is 6.03. The Morgan fingerprint density at radius 1 is 1.09 bits per heavy atom. The van der Waals surface area contributed by atoms with E-state index in [2.05, 4.69) is 44.1 Å². The average Bonchev–Trinajstić information content (AvgIpc) is 3.39. The minimum atomic E-state index is -1.45. The number of methoxy groups -OCH3 is 1. The fraction of sp³-hybridized carbons (Fsp3) is 0.538. The lowest BCUT2D eigenvalue weighted by atomic mass is 9.82. The Labute approximate surface area is 207 Å². The van der Waals surface area contributed by atoms with Gasteiger partial charge < -0.3 is 9.64 Å². The largest absolute Gasteiger partial charge is 0.465 e. The monoisotopic (exact) mass is 501 g/mol. The number of ether oxygens (including phenoxy) is 1. The molecule has 33 heavy (non-hydrogen) atoms. The van der Waals surface area contributed by atoms with Crippen molar-refractivity contribution in [3.8, 4) is 21.2 Å². The summed E-state index contributed by atoms with van der Waals surface area (Å²) >= 11 is 3.02. The van der Waals surface area contributed by atoms with Gasteiger partial charge in [-0.15, -0.1) is 28.2 Å². The molecule has 0 unspecified atom stereocenters. The second-order valence-electron chi connectivity index (χ2n) is 10.2. The highest BCUT2D eigenvalue weighted by molar-refractivity contribution is 7.23. The molecule has 7 heteroatoms. The molecule has 1 fully saturated rings. The van der Waals surface area contributed by atoms with Crippen LogP contribution < -0.4 is 4.90 Å². The minimum absolute atomic E-state index is 0.0163. The summed E-state index contributed by atoms with van der Waals surface area (Å²) in [6.07, 6.45) is 3.99. The van der Waals surface area contributed by atoms with Crippen molar-refractivity contribution < 1.29 is 14.3 Å². The van der Waals surface area contributed by atoms with Gasteiger partial charge in [-0.1, -0.05) is 32.5 Å². The molecule has 0 spiro atoms. The fourth-order valence-electron chi connectivity index (χ4n) is 4.06. The van der Waals surface area contributed by atoms with Crippen molar-refractivity contribution in [3.05, 3.63) is 28.0 Å². The SMILES string of the molecule is COC(=O)c1sc(-c2ccc(C#C[Si](C)(C)C)s2)cc1N(C(=O)[C@H]1CC[C@H](C)CC1)C(C)C. The van der Waals surface area contributed by atoms with Gasteiger partial charge in [0.25, 0.3) is 0 Å². The quantitative estimate of drug-likeness (QED) is 0.250. The van der Waals surface area contributed by atoms with E-state index >= 15 is 0 Å². The van der Waals surface area contributed by atoms with Crippen molar-refractivity contribution in [2.24, 2.45) is 11.8 Å². The molecule has 0 N–H and O–H groups in total. The zero-order valence-corrected chi connectivity index (χ0v) is 23.4. The van der Waals surface area contributed by atoms with Crippen molar-refractivity contribution in [2.75, 3.05) is 12.0 Å². The van der Waals surface area contributed by atoms with Crippen LogP contribution in [0, 0.1) is 23.3 Å². The molecule has 1 amide bonds. The lowest BCUT2D eigenvalue weighted by Crippen LogP contribution is -2.42. The van der Waals surface area contributed by atoms with Crippen LogP contribution in [0.3, 0.4) is 0 Å². The summed E-state index contributed by atoms with van der Waals surface area (Å²) in [7, 11) is -0.0594. The van der Waals surface area contributed by atoms with E-state index in [9.17, 15) is 9.59 Å². The van der Waals surface area contributed by atoms with E-state index < -0.39 is 14.0 Å². The highest BCUT2D eigenvalue weighted by atomic mass is 32.1. The van der Waals surface area contributed by atoms with Crippen LogP contribution in [0.1, 0.15) is 61.0 Å². The van der Waals surface area contributed by atoms with Crippen molar-refractivity contribution in [1.29, 1.82) is 0 Å². The molecule has 0 aliphatic heterocycles. The number of anilines is 1.